The summed E-state index contributed by atoms with van der Waals surface area (Å²) < 4.78 is 52.8. The van der Waals surface area contributed by atoms with Gasteiger partial charge in [-0.1, -0.05) is 6.07 Å². The van der Waals surface area contributed by atoms with Crippen molar-refractivity contribution in [1.29, 1.82) is 5.26 Å². The number of likely N-dealkylation sites (tertiary alicyclic amines) is 1. The molecule has 1 heterocycles. The average molecular weight is 448 g/mol. The van der Waals surface area contributed by atoms with Crippen LogP contribution >= 0.6 is 0 Å². The van der Waals surface area contributed by atoms with Crippen LogP contribution in [0.4, 0.5) is 22.4 Å². The maximum Gasteiger partial charge on any atom is 0.416 e. The van der Waals surface area contributed by atoms with Crippen molar-refractivity contribution < 1.29 is 22.4 Å². The maximum absolute atomic E-state index is 13.5. The highest BCUT2D eigenvalue weighted by Crippen LogP contribution is 2.33. The molecule has 2 unspecified atom stereocenters. The molecule has 9 heteroatoms. The van der Waals surface area contributed by atoms with Crippen LogP contribution in [0.25, 0.3) is 0 Å². The Morgan fingerprint density at radius 2 is 2.03 bits per heavy atom. The highest BCUT2D eigenvalue weighted by atomic mass is 19.4. The molecule has 32 heavy (non-hydrogen) atoms. The van der Waals surface area contributed by atoms with E-state index in [1.807, 2.05) is 0 Å². The summed E-state index contributed by atoms with van der Waals surface area (Å²) in [7, 11) is 0. The first kappa shape index (κ1) is 23.5. The van der Waals surface area contributed by atoms with Crippen LogP contribution in [0.2, 0.25) is 0 Å². The summed E-state index contributed by atoms with van der Waals surface area (Å²) in [5, 5.41) is 11.7. The number of nitrogens with zero attached hydrogens (tertiary/aromatic N) is 2. The summed E-state index contributed by atoms with van der Waals surface area (Å²) in [6.07, 6.45) is -3.18. The third-order valence-electron chi connectivity index (χ3n) is 5.57. The van der Waals surface area contributed by atoms with Crippen LogP contribution in [0.5, 0.6) is 0 Å². The number of amides is 2. The van der Waals surface area contributed by atoms with Crippen molar-refractivity contribution in [3.63, 3.8) is 0 Å². The third kappa shape index (κ3) is 5.56. The summed E-state index contributed by atoms with van der Waals surface area (Å²) in [6, 6.07) is 8.53. The number of hydrogen-bond donors (Lipinski definition) is 2. The fraction of sp³-hybridized carbons (Fsp3) is 0.391. The van der Waals surface area contributed by atoms with Crippen LogP contribution in [0.15, 0.2) is 36.4 Å². The molecule has 0 saturated carbocycles. The van der Waals surface area contributed by atoms with Gasteiger partial charge in [-0.2, -0.15) is 18.4 Å². The molecular weight excluding hydrogens is 424 g/mol. The number of hydrogen-bond acceptors (Lipinski definition) is 3. The lowest BCUT2D eigenvalue weighted by Gasteiger charge is -2.37. The van der Waals surface area contributed by atoms with Crippen molar-refractivity contribution in [3.05, 3.63) is 70.0 Å². The van der Waals surface area contributed by atoms with Crippen LogP contribution in [-0.2, 0) is 12.6 Å². The van der Waals surface area contributed by atoms with Gasteiger partial charge in [0.05, 0.1) is 29.4 Å². The predicted molar refractivity (Wildman–Crippen MR) is 111 cm³/mol. The second kappa shape index (κ2) is 9.57. The quantitative estimate of drug-likeness (QED) is 0.521. The normalized spacial score (nSPS) is 17.5. The van der Waals surface area contributed by atoms with Crippen molar-refractivity contribution in [2.24, 2.45) is 5.73 Å². The Balaban J connectivity index is 1.74. The Labute approximate surface area is 183 Å². The number of piperidine rings is 1. The van der Waals surface area contributed by atoms with Gasteiger partial charge in [-0.3, -0.25) is 0 Å². The summed E-state index contributed by atoms with van der Waals surface area (Å²) >= 11 is 0. The molecule has 0 aromatic heterocycles. The molecule has 3 N–H and O–H groups in total. The van der Waals surface area contributed by atoms with Crippen LogP contribution in [0.1, 0.15) is 53.1 Å². The van der Waals surface area contributed by atoms with E-state index in [9.17, 15) is 22.4 Å². The van der Waals surface area contributed by atoms with Crippen molar-refractivity contribution in [1.82, 2.24) is 10.2 Å². The molecule has 0 radical (unpaired) electrons. The molecule has 1 aliphatic heterocycles. The number of nitriles is 1. The first-order valence-corrected chi connectivity index (χ1v) is 10.3. The number of halogens is 4. The lowest BCUT2D eigenvalue weighted by atomic mass is 9.92. The van der Waals surface area contributed by atoms with Gasteiger partial charge in [0.2, 0.25) is 0 Å². The predicted octanol–water partition coefficient (Wildman–Crippen LogP) is 4.79. The van der Waals surface area contributed by atoms with Crippen molar-refractivity contribution in [2.45, 2.75) is 51.0 Å². The van der Waals surface area contributed by atoms with Gasteiger partial charge in [-0.15, -0.1) is 0 Å². The van der Waals surface area contributed by atoms with E-state index in [4.69, 9.17) is 11.0 Å². The molecule has 3 rings (SSSR count). The van der Waals surface area contributed by atoms with Crippen molar-refractivity contribution in [3.8, 4) is 6.07 Å². The fourth-order valence-electron chi connectivity index (χ4n) is 4.10. The van der Waals surface area contributed by atoms with Gasteiger partial charge >= 0.3 is 12.2 Å². The monoisotopic (exact) mass is 448 g/mol. The highest BCUT2D eigenvalue weighted by molar-refractivity contribution is 5.75. The number of rotatable bonds is 4. The summed E-state index contributed by atoms with van der Waals surface area (Å²) in [4.78, 5) is 14.6. The number of aryl methyl sites for hydroxylation is 1. The molecule has 5 nitrogen and oxygen atoms in total. The zero-order valence-corrected chi connectivity index (χ0v) is 17.5. The molecule has 1 aliphatic rings. The van der Waals surface area contributed by atoms with E-state index in [2.05, 4.69) is 5.32 Å². The van der Waals surface area contributed by atoms with Crippen LogP contribution in [0.3, 0.4) is 0 Å². The Kier molecular flexibility index (Phi) is 7.04. The number of carbonyl (C=O) groups is 1. The smallest absolute Gasteiger partial charge is 0.323 e. The summed E-state index contributed by atoms with van der Waals surface area (Å²) in [5.41, 5.74) is 6.76. The van der Waals surface area contributed by atoms with Gasteiger partial charge in [0, 0.05) is 13.0 Å². The van der Waals surface area contributed by atoms with Crippen molar-refractivity contribution >= 4 is 6.03 Å². The molecular formula is C23H24F4N4O. The Bertz CT molecular complexity index is 1030. The molecule has 2 amide bonds. The van der Waals surface area contributed by atoms with E-state index < -0.39 is 23.9 Å². The number of urea groups is 1. The average Bonchev–Trinajstić information content (AvgIpc) is 2.72. The number of nitrogens with one attached hydrogen (secondary N) is 1. The Morgan fingerprint density at radius 3 is 2.69 bits per heavy atom. The second-order valence-electron chi connectivity index (χ2n) is 7.99. The first-order chi connectivity index (χ1) is 15.1. The number of carbonyl (C=O) groups excluding carboxylic acids is 1. The molecule has 0 spiro atoms. The largest absolute Gasteiger partial charge is 0.416 e. The maximum atomic E-state index is 13.5. The van der Waals surface area contributed by atoms with Gasteiger partial charge in [0.1, 0.15) is 5.82 Å². The van der Waals surface area contributed by atoms with E-state index in [1.165, 1.54) is 18.2 Å². The molecule has 170 valence electrons. The van der Waals surface area contributed by atoms with Crippen LogP contribution < -0.4 is 11.1 Å². The number of alkyl halides is 3. The SMILES string of the molecule is Cc1cc(F)ccc1C1CCCCN1C(=O)NC(N)Cc1cc(C#N)cc(C(F)(F)F)c1. The molecule has 2 aromatic carbocycles. The Hall–Kier alpha value is -3.12. The third-order valence-corrected chi connectivity index (χ3v) is 5.57. The molecule has 1 saturated heterocycles. The van der Waals surface area contributed by atoms with Gasteiger partial charge in [-0.25, -0.2) is 9.18 Å². The molecule has 2 aromatic rings. The van der Waals surface area contributed by atoms with E-state index in [0.29, 0.717) is 13.0 Å². The summed E-state index contributed by atoms with van der Waals surface area (Å²) in [5.74, 6) is -0.349. The lowest BCUT2D eigenvalue weighted by molar-refractivity contribution is -0.137. The highest BCUT2D eigenvalue weighted by Gasteiger charge is 2.32. The van der Waals surface area contributed by atoms with Gasteiger partial charge in [0.15, 0.2) is 0 Å². The first-order valence-electron chi connectivity index (χ1n) is 10.3. The van der Waals surface area contributed by atoms with E-state index in [-0.39, 0.29) is 29.4 Å². The molecule has 0 aliphatic carbocycles. The standard InChI is InChI=1S/C23H24F4N4O/c1-14-8-18(24)5-6-19(14)20-4-2-3-7-31(20)22(32)30-21(29)12-15-9-16(13-28)11-17(10-15)23(25,26)27/h5-6,8-11,20-21H,2-4,7,12,29H2,1H3,(H,30,32). The minimum Gasteiger partial charge on any atom is -0.323 e. The molecule has 1 fully saturated rings. The van der Waals surface area contributed by atoms with Gasteiger partial charge in [0.25, 0.3) is 0 Å². The van der Waals surface area contributed by atoms with Crippen molar-refractivity contribution in [2.75, 3.05) is 6.54 Å². The molecule has 2 atom stereocenters. The minimum atomic E-state index is -4.59. The van der Waals surface area contributed by atoms with E-state index in [0.717, 1.165) is 36.1 Å². The molecule has 0 bridgehead atoms. The number of nitrogens with two attached hydrogens (primary N) is 1. The van der Waals surface area contributed by atoms with E-state index >= 15 is 0 Å². The topological polar surface area (TPSA) is 82.2 Å². The zero-order chi connectivity index (χ0) is 23.5. The van der Waals surface area contributed by atoms with Crippen LogP contribution in [0, 0.1) is 24.1 Å². The van der Waals surface area contributed by atoms with E-state index in [1.54, 1.807) is 24.0 Å². The lowest BCUT2D eigenvalue weighted by Crippen LogP contribution is -2.51. The number of benzene rings is 2. The fourth-order valence-corrected chi connectivity index (χ4v) is 4.10. The van der Waals surface area contributed by atoms with Gasteiger partial charge < -0.3 is 16.0 Å². The summed E-state index contributed by atoms with van der Waals surface area (Å²) in [6.45, 7) is 2.28. The second-order valence-corrected chi connectivity index (χ2v) is 7.99. The van der Waals surface area contributed by atoms with Crippen LogP contribution in [-0.4, -0.2) is 23.6 Å². The minimum absolute atomic E-state index is 0.0710. The van der Waals surface area contributed by atoms with Gasteiger partial charge in [-0.05, 0) is 73.2 Å². The zero-order valence-electron chi connectivity index (χ0n) is 17.5. The Morgan fingerprint density at radius 1 is 1.28 bits per heavy atom.